The molecule has 0 radical (unpaired) electrons. The maximum Gasteiger partial charge on any atom is 0.258 e. The molecule has 4 N–H and O–H groups in total. The smallest absolute Gasteiger partial charge is 0.258 e. The van der Waals surface area contributed by atoms with Crippen LogP contribution >= 0.6 is 34.8 Å². The Hall–Kier alpha value is -1.53. The highest BCUT2D eigenvalue weighted by atomic mass is 35.5. The van der Waals surface area contributed by atoms with E-state index in [-0.39, 0.29) is 27.0 Å². The molecule has 0 aliphatic rings. The number of nitrogens with one attached hydrogen (secondary N) is 2. The molecule has 2 aromatic rings. The first-order valence-corrected chi connectivity index (χ1v) is 6.78. The zero-order valence-electron chi connectivity index (χ0n) is 10.4. The van der Waals surface area contributed by atoms with Gasteiger partial charge in [-0.15, -0.1) is 0 Å². The predicted molar refractivity (Wildman–Crippen MR) is 83.6 cm³/mol. The lowest BCUT2D eigenvalue weighted by molar-refractivity contribution is 0.102. The van der Waals surface area contributed by atoms with Crippen molar-refractivity contribution in [2.75, 3.05) is 10.7 Å². The van der Waals surface area contributed by atoms with Gasteiger partial charge in [0, 0.05) is 5.02 Å². The van der Waals surface area contributed by atoms with E-state index in [1.54, 1.807) is 0 Å². The second-order valence-corrected chi connectivity index (χ2v) is 5.26. The van der Waals surface area contributed by atoms with Crippen molar-refractivity contribution in [1.82, 2.24) is 0 Å². The van der Waals surface area contributed by atoms with Gasteiger partial charge >= 0.3 is 0 Å². The third-order valence-electron chi connectivity index (χ3n) is 2.65. The molecule has 0 aliphatic carbocycles. The van der Waals surface area contributed by atoms with Crippen LogP contribution in [-0.4, -0.2) is 5.91 Å². The number of amides is 1. The first-order valence-electron chi connectivity index (χ1n) is 5.65. The van der Waals surface area contributed by atoms with Crippen LogP contribution in [0.2, 0.25) is 15.1 Å². The van der Waals surface area contributed by atoms with Gasteiger partial charge in [0.2, 0.25) is 0 Å². The van der Waals surface area contributed by atoms with Gasteiger partial charge in [0.1, 0.15) is 5.82 Å². The van der Waals surface area contributed by atoms with Crippen molar-refractivity contribution in [2.45, 2.75) is 0 Å². The van der Waals surface area contributed by atoms with E-state index in [1.807, 2.05) is 0 Å². The molecule has 0 bridgehead atoms. The molecule has 2 rings (SSSR count). The van der Waals surface area contributed by atoms with E-state index in [0.717, 1.165) is 0 Å². The van der Waals surface area contributed by atoms with E-state index in [4.69, 9.17) is 40.6 Å². The van der Waals surface area contributed by atoms with Gasteiger partial charge in [-0.3, -0.25) is 10.6 Å². The molecule has 0 saturated carbocycles. The number of halogens is 4. The highest BCUT2D eigenvalue weighted by Gasteiger charge is 2.17. The van der Waals surface area contributed by atoms with Crippen LogP contribution < -0.4 is 16.6 Å². The van der Waals surface area contributed by atoms with Gasteiger partial charge in [-0.2, -0.15) is 0 Å². The highest BCUT2D eigenvalue weighted by molar-refractivity contribution is 6.42. The summed E-state index contributed by atoms with van der Waals surface area (Å²) < 4.78 is 13.6. The average Bonchev–Trinajstić information content (AvgIpc) is 2.42. The molecule has 21 heavy (non-hydrogen) atoms. The molecular formula is C13H9Cl3FN3O. The fourth-order valence-corrected chi connectivity index (χ4v) is 2.61. The van der Waals surface area contributed by atoms with Crippen molar-refractivity contribution in [2.24, 2.45) is 5.84 Å². The number of carbonyl (C=O) groups excluding carboxylic acids is 1. The average molecular weight is 349 g/mol. The Morgan fingerprint density at radius 3 is 2.29 bits per heavy atom. The van der Waals surface area contributed by atoms with Gasteiger partial charge in [-0.1, -0.05) is 40.9 Å². The van der Waals surface area contributed by atoms with Gasteiger partial charge < -0.3 is 10.7 Å². The topological polar surface area (TPSA) is 67.1 Å². The molecule has 1 amide bonds. The molecule has 0 aromatic heterocycles. The summed E-state index contributed by atoms with van der Waals surface area (Å²) in [6, 6.07) is 6.83. The second-order valence-electron chi connectivity index (χ2n) is 4.01. The standard InChI is InChI=1S/C13H9Cl3FN3O/c14-6-4-8(15)12(9(16)5-6)19-13(21)7-2-1-3-10(17)11(7)20-18/h1-5,20H,18H2,(H,19,21). The molecule has 0 unspecified atom stereocenters. The SMILES string of the molecule is NNc1c(F)cccc1C(=O)Nc1c(Cl)cc(Cl)cc1Cl. The van der Waals surface area contributed by atoms with Gasteiger partial charge in [-0.25, -0.2) is 4.39 Å². The second kappa shape index (κ2) is 6.49. The van der Waals surface area contributed by atoms with Crippen LogP contribution in [0.5, 0.6) is 0 Å². The number of anilines is 2. The third kappa shape index (κ3) is 3.39. The molecule has 4 nitrogen and oxygen atoms in total. The molecular weight excluding hydrogens is 340 g/mol. The van der Waals surface area contributed by atoms with E-state index >= 15 is 0 Å². The van der Waals surface area contributed by atoms with Gasteiger partial charge in [-0.05, 0) is 24.3 Å². The van der Waals surface area contributed by atoms with Crippen LogP contribution in [0.15, 0.2) is 30.3 Å². The summed E-state index contributed by atoms with van der Waals surface area (Å²) in [5.74, 6) is 3.95. The van der Waals surface area contributed by atoms with Gasteiger partial charge in [0.25, 0.3) is 5.91 Å². The Morgan fingerprint density at radius 1 is 1.10 bits per heavy atom. The summed E-state index contributed by atoms with van der Waals surface area (Å²) in [6.07, 6.45) is 0. The fourth-order valence-electron chi connectivity index (χ4n) is 1.70. The first-order chi connectivity index (χ1) is 9.93. The number of nitrogens with two attached hydrogens (primary N) is 1. The molecule has 0 spiro atoms. The Kier molecular flexibility index (Phi) is 4.90. The summed E-state index contributed by atoms with van der Waals surface area (Å²) in [7, 11) is 0. The number of para-hydroxylation sites is 1. The van der Waals surface area contributed by atoms with Crippen molar-refractivity contribution in [3.8, 4) is 0 Å². The zero-order valence-corrected chi connectivity index (χ0v) is 12.7. The lowest BCUT2D eigenvalue weighted by atomic mass is 10.1. The summed E-state index contributed by atoms with van der Waals surface area (Å²) in [5.41, 5.74) is 2.21. The van der Waals surface area contributed by atoms with Crippen molar-refractivity contribution in [3.05, 3.63) is 56.8 Å². The molecule has 110 valence electrons. The van der Waals surface area contributed by atoms with Crippen molar-refractivity contribution in [1.29, 1.82) is 0 Å². The number of hydrazine groups is 1. The first kappa shape index (κ1) is 15.9. The molecule has 0 heterocycles. The normalized spacial score (nSPS) is 10.3. The molecule has 0 atom stereocenters. The summed E-state index contributed by atoms with van der Waals surface area (Å²) >= 11 is 17.7. The van der Waals surface area contributed by atoms with Crippen LogP contribution in [0.25, 0.3) is 0 Å². The number of carbonyl (C=O) groups is 1. The minimum Gasteiger partial charge on any atom is -0.321 e. The summed E-state index contributed by atoms with van der Waals surface area (Å²) in [4.78, 5) is 12.2. The minimum atomic E-state index is -0.654. The Labute approximate surface area is 135 Å². The number of nitrogen functional groups attached to an aromatic ring is 1. The summed E-state index contributed by atoms with van der Waals surface area (Å²) in [6.45, 7) is 0. The van der Waals surface area contributed by atoms with Crippen LogP contribution in [-0.2, 0) is 0 Å². The maximum atomic E-state index is 13.6. The molecule has 0 fully saturated rings. The van der Waals surface area contributed by atoms with Gasteiger partial charge in [0.05, 0.1) is 27.0 Å². The van der Waals surface area contributed by atoms with Crippen LogP contribution in [0.1, 0.15) is 10.4 Å². The zero-order chi connectivity index (χ0) is 15.6. The van der Waals surface area contributed by atoms with E-state index in [1.165, 1.54) is 30.3 Å². The molecule has 2 aromatic carbocycles. The Bertz CT molecular complexity index is 686. The van der Waals surface area contributed by atoms with E-state index in [2.05, 4.69) is 10.7 Å². The highest BCUT2D eigenvalue weighted by Crippen LogP contribution is 2.34. The molecule has 8 heteroatoms. The molecule has 0 saturated heterocycles. The fraction of sp³-hybridized carbons (Fsp3) is 0. The predicted octanol–water partition coefficient (Wildman–Crippen LogP) is 4.32. The maximum absolute atomic E-state index is 13.6. The van der Waals surface area contributed by atoms with E-state index in [0.29, 0.717) is 5.02 Å². The quantitative estimate of drug-likeness (QED) is 0.571. The van der Waals surface area contributed by atoms with E-state index < -0.39 is 11.7 Å². The third-order valence-corrected chi connectivity index (χ3v) is 3.46. The van der Waals surface area contributed by atoms with Crippen molar-refractivity contribution < 1.29 is 9.18 Å². The molecule has 0 aliphatic heterocycles. The van der Waals surface area contributed by atoms with Crippen LogP contribution in [0.4, 0.5) is 15.8 Å². The van der Waals surface area contributed by atoms with E-state index in [9.17, 15) is 9.18 Å². The van der Waals surface area contributed by atoms with Crippen molar-refractivity contribution >= 4 is 52.1 Å². The monoisotopic (exact) mass is 347 g/mol. The number of hydrogen-bond acceptors (Lipinski definition) is 3. The largest absolute Gasteiger partial charge is 0.321 e. The van der Waals surface area contributed by atoms with Crippen LogP contribution in [0, 0.1) is 5.82 Å². The summed E-state index contributed by atoms with van der Waals surface area (Å²) in [5, 5.41) is 3.16. The lowest BCUT2D eigenvalue weighted by Crippen LogP contribution is -2.18. The minimum absolute atomic E-state index is 0.0135. The Morgan fingerprint density at radius 2 is 1.71 bits per heavy atom. The number of benzene rings is 2. The number of rotatable bonds is 3. The number of hydrogen-bond donors (Lipinski definition) is 3. The van der Waals surface area contributed by atoms with Crippen molar-refractivity contribution in [3.63, 3.8) is 0 Å². The Balaban J connectivity index is 2.38. The van der Waals surface area contributed by atoms with Gasteiger partial charge in [0.15, 0.2) is 0 Å². The van der Waals surface area contributed by atoms with Crippen LogP contribution in [0.3, 0.4) is 0 Å². The lowest BCUT2D eigenvalue weighted by Gasteiger charge is -2.12.